The van der Waals surface area contributed by atoms with Crippen LogP contribution in [0, 0.1) is 0 Å². The van der Waals surface area contributed by atoms with Gasteiger partial charge in [0.2, 0.25) is 5.95 Å². The molecule has 6 rings (SSSR count). The molecule has 0 saturated carbocycles. The number of benzene rings is 2. The molecule has 8 nitrogen and oxygen atoms in total. The number of halogens is 2. The zero-order chi connectivity index (χ0) is 24.6. The predicted octanol–water partition coefficient (Wildman–Crippen LogP) is 3.85. The number of aromatic nitrogens is 2. The first kappa shape index (κ1) is 22.8. The Bertz CT molecular complexity index is 1270. The number of anilines is 1. The van der Waals surface area contributed by atoms with Gasteiger partial charge in [-0.2, -0.15) is 8.78 Å². The lowest BCUT2D eigenvalue weighted by Crippen LogP contribution is -2.40. The maximum Gasteiger partial charge on any atom is 0.387 e. The Hall–Kier alpha value is -3.63. The summed E-state index contributed by atoms with van der Waals surface area (Å²) in [6.45, 7) is 0.543. The van der Waals surface area contributed by atoms with Gasteiger partial charge in [-0.15, -0.1) is 0 Å². The normalized spacial score (nSPS) is 21.5. The third-order valence-corrected chi connectivity index (χ3v) is 6.82. The second-order valence-electron chi connectivity index (χ2n) is 8.82. The molecule has 2 saturated heterocycles. The molecular formula is C26H24F2N4O4. The van der Waals surface area contributed by atoms with Crippen LogP contribution in [0.5, 0.6) is 5.75 Å². The van der Waals surface area contributed by atoms with Crippen LogP contribution >= 0.6 is 0 Å². The summed E-state index contributed by atoms with van der Waals surface area (Å²) in [5.41, 5.74) is 3.52. The van der Waals surface area contributed by atoms with Crippen molar-refractivity contribution in [2.45, 2.75) is 18.8 Å². The fourth-order valence-electron chi connectivity index (χ4n) is 5.14. The summed E-state index contributed by atoms with van der Waals surface area (Å²) in [5, 5.41) is 0. The lowest BCUT2D eigenvalue weighted by molar-refractivity contribution is -0.0690. The molecule has 0 aliphatic carbocycles. The molecule has 1 amide bonds. The quantitative estimate of drug-likeness (QED) is 0.533. The average molecular weight is 494 g/mol. The number of fused-ring (bicyclic) bond motifs is 3. The molecular weight excluding hydrogens is 470 g/mol. The van der Waals surface area contributed by atoms with Gasteiger partial charge in [-0.05, 0) is 29.3 Å². The van der Waals surface area contributed by atoms with E-state index in [2.05, 4.69) is 14.9 Å². The van der Waals surface area contributed by atoms with Crippen LogP contribution in [-0.4, -0.2) is 66.8 Å². The van der Waals surface area contributed by atoms with Crippen molar-refractivity contribution in [3.63, 3.8) is 0 Å². The molecule has 4 heterocycles. The average Bonchev–Trinajstić information content (AvgIpc) is 3.21. The summed E-state index contributed by atoms with van der Waals surface area (Å²) in [5.74, 6) is 0.602. The monoisotopic (exact) mass is 494 g/mol. The summed E-state index contributed by atoms with van der Waals surface area (Å²) in [6, 6.07) is 11.7. The van der Waals surface area contributed by atoms with E-state index in [4.69, 9.17) is 14.2 Å². The summed E-state index contributed by atoms with van der Waals surface area (Å²) in [6.07, 6.45) is 2.90. The number of para-hydroxylation sites is 1. The molecule has 2 aromatic carbocycles. The van der Waals surface area contributed by atoms with E-state index in [-0.39, 0.29) is 11.7 Å². The first-order valence-electron chi connectivity index (χ1n) is 11.9. The minimum absolute atomic E-state index is 0.0449. The van der Waals surface area contributed by atoms with Gasteiger partial charge in [0.05, 0.1) is 25.9 Å². The molecule has 0 unspecified atom stereocenters. The van der Waals surface area contributed by atoms with Crippen LogP contribution in [-0.2, 0) is 9.47 Å². The molecule has 10 heteroatoms. The van der Waals surface area contributed by atoms with Crippen molar-refractivity contribution in [2.24, 2.45) is 0 Å². The van der Waals surface area contributed by atoms with Crippen molar-refractivity contribution in [3.8, 4) is 16.9 Å². The molecule has 3 aromatic rings. The highest BCUT2D eigenvalue weighted by Gasteiger charge is 2.45. The van der Waals surface area contributed by atoms with E-state index >= 15 is 0 Å². The molecule has 3 aliphatic heterocycles. The number of carbonyl (C=O) groups excluding carboxylic acids is 1. The van der Waals surface area contributed by atoms with Crippen molar-refractivity contribution in [2.75, 3.05) is 44.4 Å². The largest absolute Gasteiger partial charge is 0.434 e. The van der Waals surface area contributed by atoms with Crippen molar-refractivity contribution in [1.82, 2.24) is 14.9 Å². The van der Waals surface area contributed by atoms with Crippen LogP contribution in [0.3, 0.4) is 0 Å². The van der Waals surface area contributed by atoms with Gasteiger partial charge in [0, 0.05) is 48.7 Å². The van der Waals surface area contributed by atoms with Crippen molar-refractivity contribution < 1.29 is 27.8 Å². The topological polar surface area (TPSA) is 77.0 Å². The Morgan fingerprint density at radius 1 is 0.944 bits per heavy atom. The third-order valence-electron chi connectivity index (χ3n) is 6.82. The van der Waals surface area contributed by atoms with Crippen LogP contribution < -0.4 is 9.64 Å². The number of carbonyl (C=O) groups is 1. The zero-order valence-corrected chi connectivity index (χ0v) is 19.3. The van der Waals surface area contributed by atoms with Gasteiger partial charge in [0.1, 0.15) is 11.9 Å². The van der Waals surface area contributed by atoms with Crippen LogP contribution in [0.15, 0.2) is 54.9 Å². The molecule has 36 heavy (non-hydrogen) atoms. The predicted molar refractivity (Wildman–Crippen MR) is 126 cm³/mol. The van der Waals surface area contributed by atoms with E-state index < -0.39 is 18.8 Å². The van der Waals surface area contributed by atoms with Gasteiger partial charge in [0.15, 0.2) is 0 Å². The Labute approximate surface area is 206 Å². The van der Waals surface area contributed by atoms with Crippen molar-refractivity contribution in [3.05, 3.63) is 71.5 Å². The molecule has 0 radical (unpaired) electrons. The molecule has 1 aromatic heterocycles. The second kappa shape index (κ2) is 9.44. The Morgan fingerprint density at radius 3 is 2.50 bits per heavy atom. The lowest BCUT2D eigenvalue weighted by Gasteiger charge is -2.37. The first-order chi connectivity index (χ1) is 17.6. The van der Waals surface area contributed by atoms with E-state index in [0.29, 0.717) is 43.4 Å². The van der Waals surface area contributed by atoms with Gasteiger partial charge in [-0.25, -0.2) is 9.97 Å². The number of hydrogen-bond donors (Lipinski definition) is 0. The molecule has 0 N–H and O–H groups in total. The number of ether oxygens (including phenoxy) is 3. The summed E-state index contributed by atoms with van der Waals surface area (Å²) >= 11 is 0. The molecule has 2 fully saturated rings. The lowest BCUT2D eigenvalue weighted by atomic mass is 9.91. The number of nitrogens with zero attached hydrogens (tertiary/aromatic N) is 4. The first-order valence-corrected chi connectivity index (χ1v) is 11.9. The highest BCUT2D eigenvalue weighted by molar-refractivity contribution is 6.00. The van der Waals surface area contributed by atoms with Gasteiger partial charge >= 0.3 is 6.61 Å². The van der Waals surface area contributed by atoms with Crippen LogP contribution in [0.2, 0.25) is 0 Å². The minimum Gasteiger partial charge on any atom is -0.434 e. The summed E-state index contributed by atoms with van der Waals surface area (Å²) in [4.78, 5) is 26.1. The van der Waals surface area contributed by atoms with E-state index in [0.717, 1.165) is 29.8 Å². The van der Waals surface area contributed by atoms with E-state index in [1.807, 2.05) is 12.1 Å². The summed E-state index contributed by atoms with van der Waals surface area (Å²) in [7, 11) is 0. The smallest absolute Gasteiger partial charge is 0.387 e. The fourth-order valence-corrected chi connectivity index (χ4v) is 5.14. The van der Waals surface area contributed by atoms with Gasteiger partial charge < -0.3 is 24.0 Å². The van der Waals surface area contributed by atoms with Gasteiger partial charge in [-0.1, -0.05) is 24.3 Å². The van der Waals surface area contributed by atoms with Crippen molar-refractivity contribution in [1.29, 1.82) is 0 Å². The zero-order valence-electron chi connectivity index (χ0n) is 19.3. The van der Waals surface area contributed by atoms with E-state index in [1.54, 1.807) is 41.6 Å². The third kappa shape index (κ3) is 4.06. The number of hydrogen-bond acceptors (Lipinski definition) is 7. The molecule has 3 aliphatic rings. The molecule has 2 atom stereocenters. The van der Waals surface area contributed by atoms with Crippen LogP contribution in [0.25, 0.3) is 11.1 Å². The maximum absolute atomic E-state index is 13.2. The maximum atomic E-state index is 13.2. The Balaban J connectivity index is 1.35. The Morgan fingerprint density at radius 2 is 1.72 bits per heavy atom. The highest BCUT2D eigenvalue weighted by Crippen LogP contribution is 2.48. The molecule has 186 valence electrons. The van der Waals surface area contributed by atoms with E-state index in [1.165, 1.54) is 6.07 Å². The minimum atomic E-state index is -2.96. The molecule has 0 bridgehead atoms. The Kier molecular flexibility index (Phi) is 5.98. The number of alkyl halides is 2. The summed E-state index contributed by atoms with van der Waals surface area (Å²) < 4.78 is 42.4. The number of amides is 1. The fraction of sp³-hybridized carbons (Fsp3) is 0.346. The number of morpholine rings is 2. The van der Waals surface area contributed by atoms with Gasteiger partial charge in [-0.3, -0.25) is 4.79 Å². The van der Waals surface area contributed by atoms with Crippen molar-refractivity contribution >= 4 is 11.9 Å². The van der Waals surface area contributed by atoms with Gasteiger partial charge in [0.25, 0.3) is 5.91 Å². The van der Waals surface area contributed by atoms with Crippen LogP contribution in [0.1, 0.15) is 33.6 Å². The SMILES string of the molecule is O=C1c2ccc(-c3cnc(N4CCOCC4)nc3)cc2[C@@H]2[C@@H](c3ccccc3OC(F)F)OCCN12. The van der Waals surface area contributed by atoms with Crippen LogP contribution in [0.4, 0.5) is 14.7 Å². The van der Waals surface area contributed by atoms with E-state index in [9.17, 15) is 13.6 Å². The highest BCUT2D eigenvalue weighted by atomic mass is 19.3. The molecule has 0 spiro atoms. The second-order valence-corrected chi connectivity index (χ2v) is 8.82. The standard InChI is InChI=1S/C26H24F2N4O4/c27-25(28)36-21-4-2-1-3-19(21)23-22-20-13-16(5-6-18(20)24(33)32(22)9-12-35-23)17-14-29-26(30-15-17)31-7-10-34-11-8-31/h1-6,13-15,22-23,25H,7-12H2/t22-,23-/m1/s1. The number of rotatable bonds is 5.